The van der Waals surface area contributed by atoms with Crippen molar-refractivity contribution in [2.75, 3.05) is 0 Å². The Morgan fingerprint density at radius 2 is 1.37 bits per heavy atom. The summed E-state index contributed by atoms with van der Waals surface area (Å²) in [6.07, 6.45) is 0.838. The molecule has 0 fully saturated rings. The van der Waals surface area contributed by atoms with Crippen LogP contribution < -0.4 is 0 Å². The molecule has 4 rings (SSSR count). The van der Waals surface area contributed by atoms with Gasteiger partial charge in [-0.2, -0.15) is 0 Å². The molecule has 0 unspecified atom stereocenters. The maximum Gasteiger partial charge on any atom is 0.116 e. The summed E-state index contributed by atoms with van der Waals surface area (Å²) in [7, 11) is 0. The van der Waals surface area contributed by atoms with Crippen molar-refractivity contribution in [1.29, 1.82) is 0 Å². The van der Waals surface area contributed by atoms with Gasteiger partial charge in [0.05, 0.1) is 0 Å². The fourth-order valence-corrected chi connectivity index (χ4v) is 2.92. The van der Waals surface area contributed by atoms with Crippen LogP contribution in [0.3, 0.4) is 0 Å². The number of phenolic OH excluding ortho intramolecular Hbond substituents is 2. The molecular weight excluding hydrogens is 236 g/mol. The van der Waals surface area contributed by atoms with Crippen molar-refractivity contribution in [3.63, 3.8) is 0 Å². The van der Waals surface area contributed by atoms with E-state index in [1.165, 1.54) is 16.7 Å². The van der Waals surface area contributed by atoms with Crippen LogP contribution in [0.1, 0.15) is 11.1 Å². The van der Waals surface area contributed by atoms with Gasteiger partial charge in [-0.3, -0.25) is 0 Å². The number of benzene rings is 3. The fourth-order valence-electron chi connectivity index (χ4n) is 2.92. The third-order valence-corrected chi connectivity index (χ3v) is 3.81. The minimum atomic E-state index is 0.292. The van der Waals surface area contributed by atoms with Crippen molar-refractivity contribution in [3.05, 3.63) is 59.7 Å². The molecule has 0 amide bonds. The lowest BCUT2D eigenvalue weighted by Crippen LogP contribution is -1.81. The molecule has 0 saturated carbocycles. The molecule has 3 aromatic rings. The van der Waals surface area contributed by atoms with Crippen LogP contribution in [0.25, 0.3) is 21.9 Å². The van der Waals surface area contributed by atoms with Gasteiger partial charge >= 0.3 is 0 Å². The minimum Gasteiger partial charge on any atom is -0.508 e. The van der Waals surface area contributed by atoms with Crippen molar-refractivity contribution in [1.82, 2.24) is 0 Å². The zero-order chi connectivity index (χ0) is 13.0. The van der Waals surface area contributed by atoms with E-state index in [1.54, 1.807) is 18.2 Å². The molecule has 0 atom stereocenters. The molecule has 1 aliphatic carbocycles. The average Bonchev–Trinajstić information content (AvgIpc) is 2.72. The maximum atomic E-state index is 9.57. The second-order valence-electron chi connectivity index (χ2n) is 5.06. The molecule has 2 nitrogen and oxygen atoms in total. The van der Waals surface area contributed by atoms with Crippen LogP contribution in [0.5, 0.6) is 11.5 Å². The molecule has 3 aromatic carbocycles. The topological polar surface area (TPSA) is 40.5 Å². The summed E-state index contributed by atoms with van der Waals surface area (Å²) in [5, 5.41) is 21.3. The Hall–Kier alpha value is -2.48. The molecule has 0 heterocycles. The molecule has 92 valence electrons. The summed E-state index contributed by atoms with van der Waals surface area (Å²) in [5.74, 6) is 0.606. The third kappa shape index (κ3) is 1.50. The van der Waals surface area contributed by atoms with Gasteiger partial charge in [0.15, 0.2) is 0 Å². The summed E-state index contributed by atoms with van der Waals surface area (Å²) in [6, 6.07) is 15.3. The number of hydrogen-bond acceptors (Lipinski definition) is 2. The molecule has 0 spiro atoms. The lowest BCUT2D eigenvalue weighted by molar-refractivity contribution is 0.474. The van der Waals surface area contributed by atoms with Gasteiger partial charge in [0.2, 0.25) is 0 Å². The zero-order valence-corrected chi connectivity index (χ0v) is 10.2. The van der Waals surface area contributed by atoms with E-state index < -0.39 is 0 Å². The first-order valence-corrected chi connectivity index (χ1v) is 6.29. The molecule has 0 aliphatic heterocycles. The number of hydrogen-bond donors (Lipinski definition) is 2. The smallest absolute Gasteiger partial charge is 0.116 e. The Balaban J connectivity index is 2.00. The summed E-state index contributed by atoms with van der Waals surface area (Å²) in [6.45, 7) is 0. The van der Waals surface area contributed by atoms with Gasteiger partial charge in [-0.15, -0.1) is 0 Å². The van der Waals surface area contributed by atoms with Crippen LogP contribution in [0.4, 0.5) is 0 Å². The first kappa shape index (κ1) is 10.4. The Labute approximate surface area is 110 Å². The van der Waals surface area contributed by atoms with E-state index in [-0.39, 0.29) is 0 Å². The summed E-state index contributed by atoms with van der Waals surface area (Å²) in [5.41, 5.74) is 4.84. The van der Waals surface area contributed by atoms with Crippen LogP contribution >= 0.6 is 0 Å². The maximum absolute atomic E-state index is 9.57. The van der Waals surface area contributed by atoms with Crippen LogP contribution in [-0.2, 0) is 6.42 Å². The number of phenols is 2. The van der Waals surface area contributed by atoms with Crippen LogP contribution in [0, 0.1) is 0 Å². The number of rotatable bonds is 0. The van der Waals surface area contributed by atoms with E-state index in [0.29, 0.717) is 11.5 Å². The van der Waals surface area contributed by atoms with E-state index in [4.69, 9.17) is 0 Å². The van der Waals surface area contributed by atoms with E-state index in [1.807, 2.05) is 18.2 Å². The standard InChI is InChI=1S/C17H12O2/c18-14-2-1-10-9-17-12(5-11(10)7-14)6-13-8-15(19)3-4-16(13)17/h1-5,7-9,18-19H,6H2. The molecular formula is C17H12O2. The molecule has 1 aliphatic rings. The van der Waals surface area contributed by atoms with E-state index in [2.05, 4.69) is 12.1 Å². The van der Waals surface area contributed by atoms with Crippen molar-refractivity contribution >= 4 is 10.8 Å². The Kier molecular flexibility index (Phi) is 1.93. The second kappa shape index (κ2) is 3.51. The van der Waals surface area contributed by atoms with E-state index in [0.717, 1.165) is 22.8 Å². The Morgan fingerprint density at radius 3 is 2.26 bits per heavy atom. The normalized spacial score (nSPS) is 12.4. The molecule has 0 aromatic heterocycles. The largest absolute Gasteiger partial charge is 0.508 e. The summed E-state index contributed by atoms with van der Waals surface area (Å²) >= 11 is 0. The van der Waals surface area contributed by atoms with Gasteiger partial charge < -0.3 is 10.2 Å². The van der Waals surface area contributed by atoms with Crippen molar-refractivity contribution in [2.45, 2.75) is 6.42 Å². The minimum absolute atomic E-state index is 0.292. The molecule has 2 heteroatoms. The fraction of sp³-hybridized carbons (Fsp3) is 0.0588. The van der Waals surface area contributed by atoms with E-state index >= 15 is 0 Å². The van der Waals surface area contributed by atoms with Crippen LogP contribution in [0.15, 0.2) is 48.5 Å². The molecule has 19 heavy (non-hydrogen) atoms. The highest BCUT2D eigenvalue weighted by atomic mass is 16.3. The second-order valence-corrected chi connectivity index (χ2v) is 5.06. The summed E-state index contributed by atoms with van der Waals surface area (Å²) < 4.78 is 0. The summed E-state index contributed by atoms with van der Waals surface area (Å²) in [4.78, 5) is 0. The van der Waals surface area contributed by atoms with Crippen LogP contribution in [0.2, 0.25) is 0 Å². The number of aromatic hydroxyl groups is 2. The molecule has 0 bridgehead atoms. The van der Waals surface area contributed by atoms with Gasteiger partial charge in [0.25, 0.3) is 0 Å². The quantitative estimate of drug-likeness (QED) is 0.496. The monoisotopic (exact) mass is 248 g/mol. The molecule has 0 radical (unpaired) electrons. The van der Waals surface area contributed by atoms with Crippen LogP contribution in [-0.4, -0.2) is 10.2 Å². The highest BCUT2D eigenvalue weighted by Crippen LogP contribution is 2.40. The first-order valence-electron chi connectivity index (χ1n) is 6.29. The van der Waals surface area contributed by atoms with Gasteiger partial charge in [0.1, 0.15) is 11.5 Å². The molecule has 2 N–H and O–H groups in total. The van der Waals surface area contributed by atoms with Gasteiger partial charge in [0, 0.05) is 0 Å². The highest BCUT2D eigenvalue weighted by molar-refractivity contribution is 5.92. The first-order chi connectivity index (χ1) is 9.20. The van der Waals surface area contributed by atoms with Gasteiger partial charge in [-0.25, -0.2) is 0 Å². The van der Waals surface area contributed by atoms with Crippen molar-refractivity contribution < 1.29 is 10.2 Å². The average molecular weight is 248 g/mol. The Bertz CT molecular complexity index is 819. The highest BCUT2D eigenvalue weighted by Gasteiger charge is 2.19. The lowest BCUT2D eigenvalue weighted by Gasteiger charge is -2.05. The molecule has 0 saturated heterocycles. The zero-order valence-electron chi connectivity index (χ0n) is 10.2. The third-order valence-electron chi connectivity index (χ3n) is 3.81. The number of fused-ring (bicyclic) bond motifs is 4. The Morgan fingerprint density at radius 1 is 0.632 bits per heavy atom. The van der Waals surface area contributed by atoms with Gasteiger partial charge in [-0.05, 0) is 69.8 Å². The predicted octanol–water partition coefficient (Wildman–Crippen LogP) is 3.82. The van der Waals surface area contributed by atoms with E-state index in [9.17, 15) is 10.2 Å². The lowest BCUT2D eigenvalue weighted by atomic mass is 10.0. The van der Waals surface area contributed by atoms with Crippen molar-refractivity contribution in [3.8, 4) is 22.6 Å². The SMILES string of the molecule is Oc1ccc2c(c1)Cc1cc3cc(O)ccc3cc1-2. The predicted molar refractivity (Wildman–Crippen MR) is 75.5 cm³/mol. The van der Waals surface area contributed by atoms with Crippen molar-refractivity contribution in [2.24, 2.45) is 0 Å². The van der Waals surface area contributed by atoms with Gasteiger partial charge in [-0.1, -0.05) is 18.2 Å².